The quantitative estimate of drug-likeness (QED) is 0.471. The van der Waals surface area contributed by atoms with Crippen molar-refractivity contribution in [1.82, 2.24) is 14.9 Å². The van der Waals surface area contributed by atoms with E-state index in [0.29, 0.717) is 25.3 Å². The molecule has 6 nitrogen and oxygen atoms in total. The van der Waals surface area contributed by atoms with Gasteiger partial charge in [0.2, 0.25) is 5.78 Å². The summed E-state index contributed by atoms with van der Waals surface area (Å²) in [4.78, 5) is 37.0. The van der Waals surface area contributed by atoms with Crippen molar-refractivity contribution in [2.45, 2.75) is 57.0 Å². The highest BCUT2D eigenvalue weighted by atomic mass is 16.6. The standard InChI is InChI=1S/C29H29N3O3/c1-18-13-14-30-28(31-18)27(33)19-15-20-7-6-8-21(16-19)32(20)29(34)35-17-26-24-11-4-2-9-22(24)23-10-3-5-12-25(23)26/h2-5,9-14,19-21,26H,6-8,15-17H2,1H3. The number of rotatable bonds is 4. The van der Waals surface area contributed by atoms with Crippen LogP contribution in [0.5, 0.6) is 0 Å². The molecule has 2 aliphatic heterocycles. The Hall–Kier alpha value is -3.54. The Morgan fingerprint density at radius 3 is 2.20 bits per heavy atom. The van der Waals surface area contributed by atoms with Crippen molar-refractivity contribution in [3.63, 3.8) is 0 Å². The van der Waals surface area contributed by atoms with Gasteiger partial charge < -0.3 is 9.64 Å². The smallest absolute Gasteiger partial charge is 0.410 e. The lowest BCUT2D eigenvalue weighted by atomic mass is 9.77. The van der Waals surface area contributed by atoms with Crippen molar-refractivity contribution in [3.8, 4) is 11.1 Å². The summed E-state index contributed by atoms with van der Waals surface area (Å²) in [6, 6.07) is 18.6. The molecule has 1 aliphatic carbocycles. The van der Waals surface area contributed by atoms with E-state index in [-0.39, 0.29) is 35.8 Å². The second-order valence-electron chi connectivity index (χ2n) is 10.0. The van der Waals surface area contributed by atoms with Crippen molar-refractivity contribution < 1.29 is 14.3 Å². The minimum Gasteiger partial charge on any atom is -0.448 e. The summed E-state index contributed by atoms with van der Waals surface area (Å²) < 4.78 is 5.99. The highest BCUT2D eigenvalue weighted by Crippen LogP contribution is 2.45. The van der Waals surface area contributed by atoms with Crippen LogP contribution in [0.25, 0.3) is 11.1 Å². The number of fused-ring (bicyclic) bond motifs is 5. The fourth-order valence-corrected chi connectivity index (χ4v) is 6.31. The molecule has 3 aliphatic rings. The Morgan fingerprint density at radius 2 is 1.57 bits per heavy atom. The van der Waals surface area contributed by atoms with Gasteiger partial charge in [0, 0.05) is 35.8 Å². The Balaban J connectivity index is 1.17. The summed E-state index contributed by atoms with van der Waals surface area (Å²) in [6.45, 7) is 2.19. The van der Waals surface area contributed by atoms with E-state index >= 15 is 0 Å². The van der Waals surface area contributed by atoms with Crippen LogP contribution in [0.1, 0.15) is 65.5 Å². The van der Waals surface area contributed by atoms with E-state index in [1.54, 1.807) is 12.3 Å². The molecule has 2 aromatic carbocycles. The van der Waals surface area contributed by atoms with Gasteiger partial charge in [-0.25, -0.2) is 14.8 Å². The maximum Gasteiger partial charge on any atom is 0.410 e. The number of aromatic nitrogens is 2. The van der Waals surface area contributed by atoms with Gasteiger partial charge in [0.25, 0.3) is 0 Å². The highest BCUT2D eigenvalue weighted by Gasteiger charge is 2.44. The van der Waals surface area contributed by atoms with Crippen LogP contribution in [0.15, 0.2) is 60.8 Å². The first kappa shape index (κ1) is 22.0. The predicted octanol–water partition coefficient (Wildman–Crippen LogP) is 5.55. The van der Waals surface area contributed by atoms with E-state index in [1.165, 1.54) is 22.3 Å². The third-order valence-electron chi connectivity index (χ3n) is 7.91. The number of carbonyl (C=O) groups is 2. The molecule has 2 unspecified atom stereocenters. The number of aryl methyl sites for hydroxylation is 1. The maximum atomic E-state index is 13.4. The van der Waals surface area contributed by atoms with Gasteiger partial charge in [-0.05, 0) is 67.3 Å². The van der Waals surface area contributed by atoms with Crippen molar-refractivity contribution in [2.24, 2.45) is 5.92 Å². The van der Waals surface area contributed by atoms with Crippen LogP contribution in [0.3, 0.4) is 0 Å². The van der Waals surface area contributed by atoms with Crippen LogP contribution >= 0.6 is 0 Å². The summed E-state index contributed by atoms with van der Waals surface area (Å²) in [5.74, 6) is 0.189. The number of Topliss-reactive ketones (excluding diaryl/α,β-unsaturated/α-hetero) is 1. The lowest BCUT2D eigenvalue weighted by Gasteiger charge is -2.47. The molecule has 2 atom stereocenters. The topological polar surface area (TPSA) is 72.4 Å². The summed E-state index contributed by atoms with van der Waals surface area (Å²) in [6.07, 6.45) is 5.57. The van der Waals surface area contributed by atoms with Crippen LogP contribution in [0, 0.1) is 12.8 Å². The first-order valence-corrected chi connectivity index (χ1v) is 12.6. The Morgan fingerprint density at radius 1 is 0.943 bits per heavy atom. The number of hydrogen-bond acceptors (Lipinski definition) is 5. The molecule has 0 radical (unpaired) electrons. The number of carbonyl (C=O) groups excluding carboxylic acids is 2. The van der Waals surface area contributed by atoms with Gasteiger partial charge in [-0.2, -0.15) is 0 Å². The average molecular weight is 468 g/mol. The first-order chi connectivity index (χ1) is 17.1. The molecule has 1 amide bonds. The number of nitrogens with zero attached hydrogens (tertiary/aromatic N) is 3. The number of amides is 1. The van der Waals surface area contributed by atoms with Gasteiger partial charge in [0.15, 0.2) is 5.82 Å². The van der Waals surface area contributed by atoms with Crippen molar-refractivity contribution in [3.05, 3.63) is 83.4 Å². The minimum absolute atomic E-state index is 0.00205. The lowest BCUT2D eigenvalue weighted by molar-refractivity contribution is 0.00630. The molecule has 2 saturated heterocycles. The van der Waals surface area contributed by atoms with Gasteiger partial charge in [-0.3, -0.25) is 4.79 Å². The monoisotopic (exact) mass is 467 g/mol. The number of ether oxygens (including phenoxy) is 1. The Bertz CT molecular complexity index is 1230. The molecule has 3 aromatic rings. The van der Waals surface area contributed by atoms with E-state index in [4.69, 9.17) is 4.74 Å². The van der Waals surface area contributed by atoms with E-state index in [1.807, 2.05) is 24.0 Å². The number of piperidine rings is 2. The summed E-state index contributed by atoms with van der Waals surface area (Å²) in [5.41, 5.74) is 5.66. The second kappa shape index (κ2) is 8.91. The molecule has 3 heterocycles. The average Bonchev–Trinajstić information content (AvgIpc) is 3.20. The third kappa shape index (κ3) is 3.91. The van der Waals surface area contributed by atoms with Crippen LogP contribution in [-0.2, 0) is 4.74 Å². The van der Waals surface area contributed by atoms with E-state index in [9.17, 15) is 9.59 Å². The van der Waals surface area contributed by atoms with Crippen LogP contribution in [0.4, 0.5) is 4.79 Å². The maximum absolute atomic E-state index is 13.4. The number of ketones is 1. The van der Waals surface area contributed by atoms with E-state index in [2.05, 4.69) is 46.4 Å². The van der Waals surface area contributed by atoms with Gasteiger partial charge in [-0.1, -0.05) is 48.5 Å². The molecular weight excluding hydrogens is 438 g/mol. The van der Waals surface area contributed by atoms with Crippen LogP contribution in [0.2, 0.25) is 0 Å². The zero-order valence-corrected chi connectivity index (χ0v) is 19.9. The Kier molecular flexibility index (Phi) is 5.59. The number of hydrogen-bond donors (Lipinski definition) is 0. The second-order valence-corrected chi connectivity index (χ2v) is 10.0. The van der Waals surface area contributed by atoms with Gasteiger partial charge >= 0.3 is 6.09 Å². The van der Waals surface area contributed by atoms with Crippen molar-refractivity contribution in [2.75, 3.05) is 6.61 Å². The summed E-state index contributed by atoms with van der Waals surface area (Å²) in [5, 5.41) is 0. The molecule has 6 rings (SSSR count). The zero-order chi connectivity index (χ0) is 23.9. The Labute approximate surface area is 205 Å². The molecule has 0 saturated carbocycles. The predicted molar refractivity (Wildman–Crippen MR) is 132 cm³/mol. The van der Waals surface area contributed by atoms with E-state index < -0.39 is 0 Å². The summed E-state index contributed by atoms with van der Waals surface area (Å²) >= 11 is 0. The third-order valence-corrected chi connectivity index (χ3v) is 7.91. The van der Waals surface area contributed by atoms with Crippen LogP contribution in [-0.4, -0.2) is 45.4 Å². The van der Waals surface area contributed by atoms with Crippen molar-refractivity contribution in [1.29, 1.82) is 0 Å². The SMILES string of the molecule is Cc1ccnc(C(=O)C2CC3CCCC(C2)N3C(=O)OCC2c3ccccc3-c3ccccc32)n1. The molecular formula is C29H29N3O3. The minimum atomic E-state index is -0.251. The largest absolute Gasteiger partial charge is 0.448 e. The normalized spacial score (nSPS) is 22.9. The molecule has 178 valence electrons. The molecule has 35 heavy (non-hydrogen) atoms. The molecule has 1 aromatic heterocycles. The van der Waals surface area contributed by atoms with Crippen molar-refractivity contribution >= 4 is 11.9 Å². The fraction of sp³-hybridized carbons (Fsp3) is 0.379. The lowest BCUT2D eigenvalue weighted by Crippen LogP contribution is -2.56. The highest BCUT2D eigenvalue weighted by molar-refractivity contribution is 5.94. The molecule has 0 spiro atoms. The van der Waals surface area contributed by atoms with Gasteiger partial charge in [0.05, 0.1) is 0 Å². The van der Waals surface area contributed by atoms with Gasteiger partial charge in [-0.15, -0.1) is 0 Å². The molecule has 0 N–H and O–H groups in total. The molecule has 6 heteroatoms. The fourth-order valence-electron chi connectivity index (χ4n) is 6.31. The van der Waals surface area contributed by atoms with E-state index in [0.717, 1.165) is 25.0 Å². The summed E-state index contributed by atoms with van der Waals surface area (Å²) in [7, 11) is 0. The molecule has 2 bridgehead atoms. The number of benzene rings is 2. The first-order valence-electron chi connectivity index (χ1n) is 12.6. The molecule has 2 fully saturated rings. The van der Waals surface area contributed by atoms with Gasteiger partial charge in [0.1, 0.15) is 6.61 Å². The van der Waals surface area contributed by atoms with Crippen LogP contribution < -0.4 is 0 Å². The zero-order valence-electron chi connectivity index (χ0n) is 19.9.